The number of benzene rings is 1. The van der Waals surface area contributed by atoms with E-state index in [9.17, 15) is 9.59 Å². The molecular weight excluding hydrogens is 302 g/mol. The predicted octanol–water partition coefficient (Wildman–Crippen LogP) is 1.24. The first kappa shape index (κ1) is 18.8. The first-order chi connectivity index (χ1) is 11.0. The van der Waals surface area contributed by atoms with Crippen LogP contribution >= 0.6 is 0 Å². The fourth-order valence-electron chi connectivity index (χ4n) is 2.05. The summed E-state index contributed by atoms with van der Waals surface area (Å²) in [6.45, 7) is 0.271. The number of hydrogen-bond donors (Lipinski definition) is 2. The van der Waals surface area contributed by atoms with Crippen LogP contribution in [-0.2, 0) is 20.7 Å². The molecule has 0 spiro atoms. The van der Waals surface area contributed by atoms with Crippen molar-refractivity contribution in [1.29, 1.82) is 0 Å². The number of ether oxygens (including phenoxy) is 3. The van der Waals surface area contributed by atoms with Gasteiger partial charge in [0, 0.05) is 26.6 Å². The fraction of sp³-hybridized carbons (Fsp3) is 0.500. The average molecular weight is 325 g/mol. The minimum absolute atomic E-state index is 0.187. The van der Waals surface area contributed by atoms with E-state index in [-0.39, 0.29) is 25.4 Å². The van der Waals surface area contributed by atoms with Crippen LogP contribution in [0.3, 0.4) is 0 Å². The largest absolute Gasteiger partial charge is 0.493 e. The molecule has 7 nitrogen and oxygen atoms in total. The first-order valence-corrected chi connectivity index (χ1v) is 7.23. The van der Waals surface area contributed by atoms with Crippen molar-refractivity contribution in [3.05, 3.63) is 23.8 Å². The molecule has 1 rings (SSSR count). The third kappa shape index (κ3) is 6.15. The Morgan fingerprint density at radius 2 is 1.87 bits per heavy atom. The maximum atomic E-state index is 11.9. The van der Waals surface area contributed by atoms with Gasteiger partial charge in [0.25, 0.3) is 0 Å². The van der Waals surface area contributed by atoms with Crippen LogP contribution in [0.2, 0.25) is 0 Å². The van der Waals surface area contributed by atoms with E-state index in [0.717, 1.165) is 5.56 Å². The Hall–Kier alpha value is -2.28. The van der Waals surface area contributed by atoms with Gasteiger partial charge in [-0.15, -0.1) is 0 Å². The Bertz CT molecular complexity index is 531. The quantitative estimate of drug-likeness (QED) is 0.672. The summed E-state index contributed by atoms with van der Waals surface area (Å²) in [4.78, 5) is 23.0. The van der Waals surface area contributed by atoms with E-state index < -0.39 is 12.0 Å². The number of carbonyl (C=O) groups is 2. The summed E-state index contributed by atoms with van der Waals surface area (Å²) in [5, 5.41) is 11.6. The molecule has 0 bridgehead atoms. The lowest BCUT2D eigenvalue weighted by Gasteiger charge is -2.14. The van der Waals surface area contributed by atoms with E-state index in [2.05, 4.69) is 5.32 Å². The lowest BCUT2D eigenvalue weighted by Crippen LogP contribution is -2.41. The zero-order valence-electron chi connectivity index (χ0n) is 13.6. The normalized spacial score (nSPS) is 11.6. The van der Waals surface area contributed by atoms with Crippen LogP contribution in [0.5, 0.6) is 11.5 Å². The molecule has 0 aliphatic rings. The average Bonchev–Trinajstić information content (AvgIpc) is 2.56. The number of aliphatic carboxylic acids is 1. The van der Waals surface area contributed by atoms with Gasteiger partial charge in [-0.2, -0.15) is 0 Å². The molecule has 128 valence electrons. The smallest absolute Gasteiger partial charge is 0.326 e. The van der Waals surface area contributed by atoms with Crippen LogP contribution in [0.4, 0.5) is 0 Å². The van der Waals surface area contributed by atoms with E-state index in [1.165, 1.54) is 7.11 Å². The van der Waals surface area contributed by atoms with Gasteiger partial charge >= 0.3 is 5.97 Å². The molecule has 7 heteroatoms. The van der Waals surface area contributed by atoms with E-state index in [0.29, 0.717) is 17.9 Å². The number of aryl methyl sites for hydroxylation is 1. The number of carboxylic acids is 1. The van der Waals surface area contributed by atoms with Crippen molar-refractivity contribution in [3.8, 4) is 11.5 Å². The van der Waals surface area contributed by atoms with Crippen molar-refractivity contribution < 1.29 is 28.9 Å². The zero-order valence-corrected chi connectivity index (χ0v) is 13.6. The third-order valence-electron chi connectivity index (χ3n) is 3.33. The molecule has 0 aliphatic carbocycles. The molecule has 1 unspecified atom stereocenters. The molecule has 0 aromatic heterocycles. The number of carbonyl (C=O) groups excluding carboxylic acids is 1. The Kier molecular flexibility index (Phi) is 7.90. The van der Waals surface area contributed by atoms with Crippen LogP contribution in [-0.4, -0.2) is 51.0 Å². The van der Waals surface area contributed by atoms with Gasteiger partial charge < -0.3 is 24.6 Å². The van der Waals surface area contributed by atoms with Gasteiger partial charge in [-0.25, -0.2) is 4.79 Å². The van der Waals surface area contributed by atoms with E-state index in [1.807, 2.05) is 6.07 Å². The second-order valence-electron chi connectivity index (χ2n) is 4.93. The van der Waals surface area contributed by atoms with Gasteiger partial charge in [-0.1, -0.05) is 6.07 Å². The van der Waals surface area contributed by atoms with Crippen molar-refractivity contribution in [1.82, 2.24) is 5.32 Å². The van der Waals surface area contributed by atoms with Crippen molar-refractivity contribution in [2.75, 3.05) is 27.9 Å². The third-order valence-corrected chi connectivity index (χ3v) is 3.33. The highest BCUT2D eigenvalue weighted by Gasteiger charge is 2.19. The highest BCUT2D eigenvalue weighted by atomic mass is 16.5. The van der Waals surface area contributed by atoms with Crippen molar-refractivity contribution >= 4 is 11.9 Å². The standard InChI is InChI=1S/C16H23NO6/c1-21-9-8-12(16(19)20)17-15(18)7-5-11-4-6-13(22-2)14(10-11)23-3/h4,6,10,12H,5,7-9H2,1-3H3,(H,17,18)(H,19,20). The van der Waals surface area contributed by atoms with E-state index >= 15 is 0 Å². The number of rotatable bonds is 10. The van der Waals surface area contributed by atoms with Crippen LogP contribution in [0.15, 0.2) is 18.2 Å². The molecule has 1 atom stereocenters. The van der Waals surface area contributed by atoms with Gasteiger partial charge in [0.1, 0.15) is 6.04 Å². The zero-order chi connectivity index (χ0) is 17.2. The van der Waals surface area contributed by atoms with Crippen molar-refractivity contribution in [2.45, 2.75) is 25.3 Å². The SMILES string of the molecule is COCCC(NC(=O)CCc1ccc(OC)c(OC)c1)C(=O)O. The maximum absolute atomic E-state index is 11.9. The molecule has 0 heterocycles. The Balaban J connectivity index is 2.56. The lowest BCUT2D eigenvalue weighted by atomic mass is 10.1. The van der Waals surface area contributed by atoms with Crippen molar-refractivity contribution in [3.63, 3.8) is 0 Å². The Morgan fingerprint density at radius 1 is 1.17 bits per heavy atom. The van der Waals surface area contributed by atoms with E-state index in [4.69, 9.17) is 19.3 Å². The van der Waals surface area contributed by atoms with Crippen LogP contribution < -0.4 is 14.8 Å². The summed E-state index contributed by atoms with van der Waals surface area (Å²) in [7, 11) is 4.58. The topological polar surface area (TPSA) is 94.1 Å². The predicted molar refractivity (Wildman–Crippen MR) is 83.9 cm³/mol. The number of hydrogen-bond acceptors (Lipinski definition) is 5. The molecule has 0 aliphatic heterocycles. The van der Waals surface area contributed by atoms with Crippen molar-refractivity contribution in [2.24, 2.45) is 0 Å². The molecule has 0 saturated heterocycles. The minimum atomic E-state index is -1.07. The minimum Gasteiger partial charge on any atom is -0.493 e. The highest BCUT2D eigenvalue weighted by Crippen LogP contribution is 2.27. The number of carboxylic acid groups (broad SMARTS) is 1. The van der Waals surface area contributed by atoms with Gasteiger partial charge in [0.15, 0.2) is 11.5 Å². The Labute approximate surface area is 135 Å². The second-order valence-corrected chi connectivity index (χ2v) is 4.93. The van der Waals surface area contributed by atoms with Gasteiger partial charge in [0.05, 0.1) is 14.2 Å². The summed E-state index contributed by atoms with van der Waals surface area (Å²) in [6, 6.07) is 4.47. The fourth-order valence-corrected chi connectivity index (χ4v) is 2.05. The highest BCUT2D eigenvalue weighted by molar-refractivity contribution is 5.83. The molecular formula is C16H23NO6. The Morgan fingerprint density at radius 3 is 2.43 bits per heavy atom. The second kappa shape index (κ2) is 9.68. The van der Waals surface area contributed by atoms with Crippen LogP contribution in [0, 0.1) is 0 Å². The molecule has 0 radical (unpaired) electrons. The summed E-state index contributed by atoms with van der Waals surface area (Å²) in [5.41, 5.74) is 0.904. The van der Waals surface area contributed by atoms with E-state index in [1.54, 1.807) is 26.4 Å². The van der Waals surface area contributed by atoms with Gasteiger partial charge in [-0.3, -0.25) is 4.79 Å². The van der Waals surface area contributed by atoms with Crippen LogP contribution in [0.25, 0.3) is 0 Å². The monoisotopic (exact) mass is 325 g/mol. The molecule has 1 amide bonds. The number of amides is 1. The maximum Gasteiger partial charge on any atom is 0.326 e. The molecule has 23 heavy (non-hydrogen) atoms. The lowest BCUT2D eigenvalue weighted by molar-refractivity contribution is -0.142. The summed E-state index contributed by atoms with van der Waals surface area (Å²) >= 11 is 0. The molecule has 2 N–H and O–H groups in total. The number of nitrogens with one attached hydrogen (secondary N) is 1. The first-order valence-electron chi connectivity index (χ1n) is 7.23. The summed E-state index contributed by atoms with van der Waals surface area (Å²) in [6.07, 6.45) is 0.892. The van der Waals surface area contributed by atoms with Crippen LogP contribution in [0.1, 0.15) is 18.4 Å². The molecule has 1 aromatic rings. The molecule has 0 saturated carbocycles. The summed E-state index contributed by atoms with van der Waals surface area (Å²) in [5.74, 6) is -0.176. The number of methoxy groups -OCH3 is 3. The molecule has 1 aromatic carbocycles. The van der Waals surface area contributed by atoms with Gasteiger partial charge in [-0.05, 0) is 24.1 Å². The van der Waals surface area contributed by atoms with Gasteiger partial charge in [0.2, 0.25) is 5.91 Å². The molecule has 0 fully saturated rings. The summed E-state index contributed by atoms with van der Waals surface area (Å²) < 4.78 is 15.2.